The maximum atomic E-state index is 14.0. The van der Waals surface area contributed by atoms with Gasteiger partial charge in [-0.05, 0) is 51.0 Å². The standard InChI is InChI=1S/C33H52N4O9S/c1-11-37(26(31(41)45-9)17-18-47(10,43)44)30(40)25(20-23-15-13-12-14-16-23)35-28(38)24(19-21(2)3)34-29(39)27(22(4)5)36-32(42)46-33(6,7)8/h11-16,21-22,24-27H,1,17-20H2,2-10H3,(H,34,39)(H,35,38)(H,36,42). The number of amides is 4. The minimum Gasteiger partial charge on any atom is -0.467 e. The Morgan fingerprint density at radius 1 is 0.936 bits per heavy atom. The molecule has 47 heavy (non-hydrogen) atoms. The number of hydrogen-bond acceptors (Lipinski definition) is 9. The number of alkyl carbamates (subject to hydrolysis) is 1. The lowest BCUT2D eigenvalue weighted by Gasteiger charge is -2.32. The Bertz CT molecular complexity index is 1340. The lowest BCUT2D eigenvalue weighted by Crippen LogP contribution is -2.59. The number of carbonyl (C=O) groups is 5. The molecule has 0 aliphatic rings. The van der Waals surface area contributed by atoms with Gasteiger partial charge >= 0.3 is 12.1 Å². The van der Waals surface area contributed by atoms with Crippen LogP contribution in [0.25, 0.3) is 0 Å². The van der Waals surface area contributed by atoms with Crippen LogP contribution in [0.5, 0.6) is 0 Å². The Morgan fingerprint density at radius 3 is 1.98 bits per heavy atom. The van der Waals surface area contributed by atoms with Crippen LogP contribution in [0.1, 0.15) is 66.9 Å². The average Bonchev–Trinajstić information content (AvgIpc) is 2.95. The number of esters is 1. The predicted octanol–water partition coefficient (Wildman–Crippen LogP) is 2.74. The molecule has 4 unspecified atom stereocenters. The normalized spacial score (nSPS) is 14.3. The highest BCUT2D eigenvalue weighted by molar-refractivity contribution is 7.90. The van der Waals surface area contributed by atoms with E-state index in [1.807, 2.05) is 13.8 Å². The van der Waals surface area contributed by atoms with E-state index in [2.05, 4.69) is 22.5 Å². The van der Waals surface area contributed by atoms with Gasteiger partial charge in [-0.15, -0.1) is 0 Å². The minimum absolute atomic E-state index is 0.00683. The van der Waals surface area contributed by atoms with Crippen molar-refractivity contribution in [1.82, 2.24) is 20.9 Å². The van der Waals surface area contributed by atoms with Gasteiger partial charge in [-0.2, -0.15) is 0 Å². The molecule has 0 bridgehead atoms. The summed E-state index contributed by atoms with van der Waals surface area (Å²) in [6.45, 7) is 15.9. The van der Waals surface area contributed by atoms with E-state index in [9.17, 15) is 32.4 Å². The molecule has 0 fully saturated rings. The molecule has 4 atom stereocenters. The summed E-state index contributed by atoms with van der Waals surface area (Å²) < 4.78 is 34.0. The lowest BCUT2D eigenvalue weighted by atomic mass is 9.98. The number of methoxy groups -OCH3 is 1. The highest BCUT2D eigenvalue weighted by Gasteiger charge is 2.37. The Balaban J connectivity index is 3.43. The van der Waals surface area contributed by atoms with E-state index in [1.165, 1.54) is 0 Å². The largest absolute Gasteiger partial charge is 0.467 e. The van der Waals surface area contributed by atoms with Crippen molar-refractivity contribution in [1.29, 1.82) is 0 Å². The van der Waals surface area contributed by atoms with Crippen molar-refractivity contribution >= 4 is 39.6 Å². The molecular formula is C33H52N4O9S. The van der Waals surface area contributed by atoms with Crippen molar-refractivity contribution in [2.75, 3.05) is 19.1 Å². The molecule has 0 heterocycles. The minimum atomic E-state index is -3.50. The van der Waals surface area contributed by atoms with Crippen LogP contribution in [0, 0.1) is 11.8 Å². The zero-order valence-electron chi connectivity index (χ0n) is 29.0. The van der Waals surface area contributed by atoms with Gasteiger partial charge in [0.15, 0.2) is 0 Å². The van der Waals surface area contributed by atoms with Crippen LogP contribution in [0.3, 0.4) is 0 Å². The highest BCUT2D eigenvalue weighted by atomic mass is 32.2. The molecule has 14 heteroatoms. The Kier molecular flexibility index (Phi) is 16.1. The molecule has 13 nitrogen and oxygen atoms in total. The second-order valence-electron chi connectivity index (χ2n) is 13.2. The van der Waals surface area contributed by atoms with E-state index in [0.29, 0.717) is 5.56 Å². The Labute approximate surface area is 279 Å². The van der Waals surface area contributed by atoms with Crippen LogP contribution in [0.15, 0.2) is 43.1 Å². The summed E-state index contributed by atoms with van der Waals surface area (Å²) in [5.74, 6) is -3.70. The molecule has 0 saturated carbocycles. The fourth-order valence-corrected chi connectivity index (χ4v) is 5.29. The number of rotatable bonds is 17. The molecule has 3 N–H and O–H groups in total. The zero-order valence-corrected chi connectivity index (χ0v) is 29.8. The van der Waals surface area contributed by atoms with E-state index < -0.39 is 75.1 Å². The summed E-state index contributed by atoms with van der Waals surface area (Å²) in [6.07, 6.45) is 1.26. The van der Waals surface area contributed by atoms with Crippen LogP contribution in [0.4, 0.5) is 4.79 Å². The van der Waals surface area contributed by atoms with E-state index in [0.717, 1.165) is 24.5 Å². The van der Waals surface area contributed by atoms with Crippen LogP contribution in [0.2, 0.25) is 0 Å². The second-order valence-corrected chi connectivity index (χ2v) is 15.5. The Hall–Kier alpha value is -3.94. The van der Waals surface area contributed by atoms with Crippen molar-refractivity contribution in [3.8, 4) is 0 Å². The third kappa shape index (κ3) is 15.0. The van der Waals surface area contributed by atoms with Crippen molar-refractivity contribution < 1.29 is 41.9 Å². The lowest BCUT2D eigenvalue weighted by molar-refractivity contribution is -0.151. The summed E-state index contributed by atoms with van der Waals surface area (Å²) >= 11 is 0. The number of nitrogens with zero attached hydrogens (tertiary/aromatic N) is 1. The molecule has 0 radical (unpaired) electrons. The molecule has 1 aromatic carbocycles. The first-order valence-electron chi connectivity index (χ1n) is 15.5. The SMILES string of the molecule is C=CN(C(=O)C(Cc1ccccc1)NC(=O)C(CC(C)C)NC(=O)C(NC(=O)OC(C)(C)C)C(C)C)C(CCS(C)(=O)=O)C(=O)OC. The third-order valence-corrected chi connectivity index (χ3v) is 7.86. The van der Waals surface area contributed by atoms with Gasteiger partial charge in [-0.3, -0.25) is 14.4 Å². The van der Waals surface area contributed by atoms with Gasteiger partial charge in [0, 0.05) is 18.9 Å². The molecule has 0 aliphatic heterocycles. The quantitative estimate of drug-likeness (QED) is 0.209. The summed E-state index contributed by atoms with van der Waals surface area (Å²) in [5, 5.41) is 8.04. The zero-order chi connectivity index (χ0) is 36.1. The van der Waals surface area contributed by atoms with E-state index in [-0.39, 0.29) is 31.1 Å². The summed E-state index contributed by atoms with van der Waals surface area (Å²) in [4.78, 5) is 67.5. The molecule has 264 valence electrons. The highest BCUT2D eigenvalue weighted by Crippen LogP contribution is 2.16. The maximum absolute atomic E-state index is 14.0. The topological polar surface area (TPSA) is 177 Å². The van der Waals surface area contributed by atoms with Crippen LogP contribution in [-0.4, -0.2) is 92.0 Å². The van der Waals surface area contributed by atoms with E-state index in [4.69, 9.17) is 9.47 Å². The smallest absolute Gasteiger partial charge is 0.408 e. The molecule has 0 aliphatic carbocycles. The molecule has 4 amide bonds. The predicted molar refractivity (Wildman–Crippen MR) is 179 cm³/mol. The van der Waals surface area contributed by atoms with Crippen LogP contribution < -0.4 is 16.0 Å². The van der Waals surface area contributed by atoms with E-state index in [1.54, 1.807) is 65.0 Å². The molecule has 1 aromatic rings. The molecule has 1 rings (SSSR count). The second kappa shape index (κ2) is 18.4. The number of nitrogens with one attached hydrogen (secondary N) is 3. The third-order valence-electron chi connectivity index (χ3n) is 6.88. The van der Waals surface area contributed by atoms with Gasteiger partial charge in [-0.25, -0.2) is 18.0 Å². The first-order valence-corrected chi connectivity index (χ1v) is 17.6. The summed E-state index contributed by atoms with van der Waals surface area (Å²) in [5.41, 5.74) is -0.105. The van der Waals surface area contributed by atoms with Crippen molar-refractivity contribution in [3.63, 3.8) is 0 Å². The van der Waals surface area contributed by atoms with Gasteiger partial charge in [0.2, 0.25) is 17.7 Å². The van der Waals surface area contributed by atoms with Crippen molar-refractivity contribution in [3.05, 3.63) is 48.7 Å². The average molecular weight is 681 g/mol. The van der Waals surface area contributed by atoms with Crippen LogP contribution in [-0.2, 0) is 44.9 Å². The monoisotopic (exact) mass is 680 g/mol. The van der Waals surface area contributed by atoms with Gasteiger partial charge in [0.05, 0.1) is 12.9 Å². The number of sulfone groups is 1. The fraction of sp³-hybridized carbons (Fsp3) is 0.606. The van der Waals surface area contributed by atoms with Crippen LogP contribution >= 0.6 is 0 Å². The van der Waals surface area contributed by atoms with E-state index >= 15 is 0 Å². The van der Waals surface area contributed by atoms with Gasteiger partial charge in [-0.1, -0.05) is 64.6 Å². The van der Waals surface area contributed by atoms with Crippen molar-refractivity contribution in [2.45, 2.75) is 97.5 Å². The first kappa shape index (κ1) is 41.1. The molecular weight excluding hydrogens is 628 g/mol. The number of hydrogen-bond donors (Lipinski definition) is 3. The summed E-state index contributed by atoms with van der Waals surface area (Å²) in [6, 6.07) is 4.13. The number of benzene rings is 1. The fourth-order valence-electron chi connectivity index (χ4n) is 4.64. The van der Waals surface area contributed by atoms with Gasteiger partial charge in [0.25, 0.3) is 0 Å². The summed E-state index contributed by atoms with van der Waals surface area (Å²) in [7, 11) is -2.39. The number of ether oxygens (including phenoxy) is 2. The maximum Gasteiger partial charge on any atom is 0.408 e. The molecule has 0 aromatic heterocycles. The first-order chi connectivity index (χ1) is 21.7. The molecule has 0 saturated heterocycles. The number of carbonyl (C=O) groups excluding carboxylic acids is 5. The molecule has 0 spiro atoms. The van der Waals surface area contributed by atoms with Gasteiger partial charge in [0.1, 0.15) is 39.6 Å². The Morgan fingerprint density at radius 2 is 1.51 bits per heavy atom. The van der Waals surface area contributed by atoms with Gasteiger partial charge < -0.3 is 30.3 Å². The van der Waals surface area contributed by atoms with Crippen molar-refractivity contribution in [2.24, 2.45) is 11.8 Å².